The first-order valence-corrected chi connectivity index (χ1v) is 9.09. The van der Waals surface area contributed by atoms with Crippen LogP contribution >= 0.6 is 0 Å². The number of hydrogen-bond acceptors (Lipinski definition) is 6. The third kappa shape index (κ3) is 9.90. The van der Waals surface area contributed by atoms with Crippen molar-refractivity contribution in [3.8, 4) is 12.3 Å². The molecule has 1 unspecified atom stereocenters. The van der Waals surface area contributed by atoms with Gasteiger partial charge >= 0.3 is 0 Å². The van der Waals surface area contributed by atoms with Gasteiger partial charge < -0.3 is 0 Å². The molecule has 1 atom stereocenters. The lowest BCUT2D eigenvalue weighted by atomic mass is 10.2. The van der Waals surface area contributed by atoms with Crippen LogP contribution in [0.15, 0.2) is 0 Å². The van der Waals surface area contributed by atoms with E-state index in [2.05, 4.69) is 10.1 Å². The van der Waals surface area contributed by atoms with E-state index in [0.717, 1.165) is 0 Å². The molecule has 0 bridgehead atoms. The zero-order valence-electron chi connectivity index (χ0n) is 11.2. The maximum atomic E-state index is 11.3. The van der Waals surface area contributed by atoms with Gasteiger partial charge in [-0.3, -0.25) is 8.37 Å². The average Bonchev–Trinajstić information content (AvgIpc) is 2.32. The molecule has 0 radical (unpaired) electrons. The molecule has 0 saturated carbocycles. The molecule has 112 valence electrons. The molecule has 0 aliphatic heterocycles. The van der Waals surface area contributed by atoms with Gasteiger partial charge in [0.05, 0.1) is 17.6 Å². The van der Waals surface area contributed by atoms with Crippen LogP contribution in [0.4, 0.5) is 0 Å². The topological polar surface area (TPSA) is 86.7 Å². The minimum Gasteiger partial charge on any atom is -0.267 e. The Hall–Kier alpha value is -0.620. The van der Waals surface area contributed by atoms with Crippen molar-refractivity contribution >= 4 is 20.2 Å². The summed E-state index contributed by atoms with van der Waals surface area (Å²) in [6, 6.07) is 0. The fourth-order valence-electron chi connectivity index (χ4n) is 1.26. The van der Waals surface area contributed by atoms with Gasteiger partial charge in [-0.1, -0.05) is 5.92 Å². The first kappa shape index (κ1) is 18.4. The van der Waals surface area contributed by atoms with E-state index >= 15 is 0 Å². The van der Waals surface area contributed by atoms with Crippen LogP contribution in [0.5, 0.6) is 0 Å². The van der Waals surface area contributed by atoms with E-state index in [0.29, 0.717) is 19.3 Å². The molecule has 0 amide bonds. The fraction of sp³-hybridized carbons (Fsp3) is 0.818. The van der Waals surface area contributed by atoms with Crippen LogP contribution in [0.3, 0.4) is 0 Å². The Kier molecular flexibility index (Phi) is 8.25. The Morgan fingerprint density at radius 1 is 1.16 bits per heavy atom. The van der Waals surface area contributed by atoms with E-state index in [-0.39, 0.29) is 18.1 Å². The summed E-state index contributed by atoms with van der Waals surface area (Å²) in [6.07, 6.45) is 5.79. The van der Waals surface area contributed by atoms with Gasteiger partial charge in [0.2, 0.25) is 0 Å². The SMILES string of the molecule is C#CCOS(=O)(=O)CCCCC(C)OS(=O)(=O)CC. The molecule has 0 N–H and O–H groups in total. The molecule has 8 heteroatoms. The largest absolute Gasteiger partial charge is 0.268 e. The summed E-state index contributed by atoms with van der Waals surface area (Å²) in [5.74, 6) is 1.86. The Balaban J connectivity index is 3.90. The number of terminal acetylenes is 1. The quantitative estimate of drug-likeness (QED) is 0.338. The molecule has 0 aromatic heterocycles. The Bertz CT molecular complexity index is 486. The summed E-state index contributed by atoms with van der Waals surface area (Å²) in [6.45, 7) is 2.87. The summed E-state index contributed by atoms with van der Waals surface area (Å²) in [7, 11) is -7.04. The van der Waals surface area contributed by atoms with Gasteiger partial charge in [-0.05, 0) is 33.1 Å². The van der Waals surface area contributed by atoms with Crippen LogP contribution in [-0.2, 0) is 28.6 Å². The highest BCUT2D eigenvalue weighted by atomic mass is 32.2. The molecule has 0 rings (SSSR count). The van der Waals surface area contributed by atoms with E-state index in [1.807, 2.05) is 0 Å². The van der Waals surface area contributed by atoms with Crippen molar-refractivity contribution in [3.05, 3.63) is 0 Å². The normalized spacial score (nSPS) is 13.9. The monoisotopic (exact) mass is 312 g/mol. The molecule has 0 spiro atoms. The third-order valence-electron chi connectivity index (χ3n) is 2.24. The first-order valence-electron chi connectivity index (χ1n) is 5.94. The molecule has 0 heterocycles. The van der Waals surface area contributed by atoms with Gasteiger partial charge in [-0.2, -0.15) is 16.8 Å². The highest BCUT2D eigenvalue weighted by molar-refractivity contribution is 7.86. The average molecular weight is 312 g/mol. The molecule has 0 aromatic rings. The molecule has 0 aromatic carbocycles. The second-order valence-electron chi connectivity index (χ2n) is 3.98. The van der Waals surface area contributed by atoms with Gasteiger partial charge in [0, 0.05) is 0 Å². The lowest BCUT2D eigenvalue weighted by Crippen LogP contribution is -2.17. The van der Waals surface area contributed by atoms with Crippen molar-refractivity contribution in [2.75, 3.05) is 18.1 Å². The summed E-state index contributed by atoms with van der Waals surface area (Å²) >= 11 is 0. The second-order valence-corrected chi connectivity index (χ2v) is 7.62. The van der Waals surface area contributed by atoms with E-state index in [1.165, 1.54) is 6.92 Å². The molecule has 19 heavy (non-hydrogen) atoms. The Morgan fingerprint density at radius 2 is 1.79 bits per heavy atom. The predicted molar refractivity (Wildman–Crippen MR) is 72.4 cm³/mol. The molecular formula is C11H20O6S2. The van der Waals surface area contributed by atoms with E-state index in [9.17, 15) is 16.8 Å². The molecule has 0 aliphatic rings. The summed E-state index contributed by atoms with van der Waals surface area (Å²) in [5, 5.41) is 0. The maximum Gasteiger partial charge on any atom is 0.268 e. The number of hydrogen-bond donors (Lipinski definition) is 0. The molecular weight excluding hydrogens is 292 g/mol. The summed E-state index contributed by atoms with van der Waals surface area (Å²) < 4.78 is 54.2. The minimum absolute atomic E-state index is 0.0777. The number of unbranched alkanes of at least 4 members (excludes halogenated alkanes) is 1. The van der Waals surface area contributed by atoms with Gasteiger partial charge in [0.1, 0.15) is 6.61 Å². The van der Waals surface area contributed by atoms with E-state index in [1.54, 1.807) is 6.92 Å². The second kappa shape index (κ2) is 8.53. The maximum absolute atomic E-state index is 11.3. The van der Waals surface area contributed by atoms with Crippen molar-refractivity contribution in [1.82, 2.24) is 0 Å². The summed E-state index contributed by atoms with van der Waals surface area (Å²) in [4.78, 5) is 0. The zero-order chi connectivity index (χ0) is 14.9. The molecule has 0 fully saturated rings. The standard InChI is InChI=1S/C11H20O6S2/c1-4-9-16-19(14,15)10-7-6-8-11(3)17-18(12,13)5-2/h1,11H,5-10H2,2-3H3. The Labute approximate surface area is 115 Å². The van der Waals surface area contributed by atoms with Crippen LogP contribution in [-0.4, -0.2) is 41.1 Å². The lowest BCUT2D eigenvalue weighted by Gasteiger charge is -2.11. The zero-order valence-corrected chi connectivity index (χ0v) is 12.8. The van der Waals surface area contributed by atoms with Crippen molar-refractivity contribution in [2.24, 2.45) is 0 Å². The van der Waals surface area contributed by atoms with Crippen LogP contribution in [0, 0.1) is 12.3 Å². The Morgan fingerprint density at radius 3 is 2.32 bits per heavy atom. The van der Waals surface area contributed by atoms with Crippen LogP contribution in [0.2, 0.25) is 0 Å². The van der Waals surface area contributed by atoms with Gasteiger partial charge in [-0.25, -0.2) is 0 Å². The minimum atomic E-state index is -3.58. The van der Waals surface area contributed by atoms with Crippen LogP contribution in [0.1, 0.15) is 33.1 Å². The van der Waals surface area contributed by atoms with Gasteiger partial charge in [0.15, 0.2) is 0 Å². The number of rotatable bonds is 10. The lowest BCUT2D eigenvalue weighted by molar-refractivity contribution is 0.215. The van der Waals surface area contributed by atoms with Crippen molar-refractivity contribution in [3.63, 3.8) is 0 Å². The predicted octanol–water partition coefficient (Wildman–Crippen LogP) is 0.891. The van der Waals surface area contributed by atoms with Crippen molar-refractivity contribution in [2.45, 2.75) is 39.2 Å². The highest BCUT2D eigenvalue weighted by Gasteiger charge is 2.14. The molecule has 0 saturated heterocycles. The fourth-order valence-corrected chi connectivity index (χ4v) is 2.92. The van der Waals surface area contributed by atoms with Crippen molar-refractivity contribution in [1.29, 1.82) is 0 Å². The van der Waals surface area contributed by atoms with E-state index < -0.39 is 26.3 Å². The smallest absolute Gasteiger partial charge is 0.267 e. The van der Waals surface area contributed by atoms with Gasteiger partial charge in [-0.15, -0.1) is 6.42 Å². The highest BCUT2D eigenvalue weighted by Crippen LogP contribution is 2.09. The summed E-state index contributed by atoms with van der Waals surface area (Å²) in [5.41, 5.74) is 0. The first-order chi connectivity index (χ1) is 8.72. The van der Waals surface area contributed by atoms with E-state index in [4.69, 9.17) is 10.6 Å². The molecule has 0 aliphatic carbocycles. The van der Waals surface area contributed by atoms with Crippen LogP contribution < -0.4 is 0 Å². The third-order valence-corrected chi connectivity index (χ3v) is 4.84. The van der Waals surface area contributed by atoms with Crippen molar-refractivity contribution < 1.29 is 25.2 Å². The molecule has 6 nitrogen and oxygen atoms in total. The van der Waals surface area contributed by atoms with Crippen LogP contribution in [0.25, 0.3) is 0 Å². The van der Waals surface area contributed by atoms with Gasteiger partial charge in [0.25, 0.3) is 20.2 Å².